The maximum atomic E-state index is 12.8. The minimum absolute atomic E-state index is 0.0368. The maximum absolute atomic E-state index is 12.8. The first-order valence-corrected chi connectivity index (χ1v) is 8.78. The quantitative estimate of drug-likeness (QED) is 0.871. The second-order valence-corrected chi connectivity index (χ2v) is 7.81. The van der Waals surface area contributed by atoms with E-state index in [0.29, 0.717) is 11.4 Å². The number of halogens is 3. The third-order valence-electron chi connectivity index (χ3n) is 3.59. The largest absolute Gasteiger partial charge is 0.416 e. The Balaban J connectivity index is 2.18. The average Bonchev–Trinajstić information content (AvgIpc) is 2.54. The molecular formula is C16H18F3N3O2S. The van der Waals surface area contributed by atoms with E-state index in [-0.39, 0.29) is 4.90 Å². The smallest absolute Gasteiger partial charge is 0.364 e. The summed E-state index contributed by atoms with van der Waals surface area (Å²) in [4.78, 5) is 4.06. The van der Waals surface area contributed by atoms with Crippen LogP contribution in [0.15, 0.2) is 47.5 Å². The van der Waals surface area contributed by atoms with E-state index < -0.39 is 27.8 Å². The number of aromatic nitrogens is 1. The minimum Gasteiger partial charge on any atom is -0.364 e. The van der Waals surface area contributed by atoms with Crippen LogP contribution in [0.25, 0.3) is 0 Å². The lowest BCUT2D eigenvalue weighted by Gasteiger charge is -2.17. The van der Waals surface area contributed by atoms with Crippen LogP contribution in [0.2, 0.25) is 0 Å². The van der Waals surface area contributed by atoms with Crippen LogP contribution in [0.4, 0.5) is 19.0 Å². The van der Waals surface area contributed by atoms with Crippen molar-refractivity contribution in [1.29, 1.82) is 0 Å². The summed E-state index contributed by atoms with van der Waals surface area (Å²) >= 11 is 0. The van der Waals surface area contributed by atoms with Crippen LogP contribution in [0, 0.1) is 0 Å². The van der Waals surface area contributed by atoms with Crippen molar-refractivity contribution in [2.24, 2.45) is 0 Å². The number of alkyl halides is 3. The summed E-state index contributed by atoms with van der Waals surface area (Å²) in [6, 6.07) is 7.43. The van der Waals surface area contributed by atoms with Gasteiger partial charge in [0.1, 0.15) is 10.7 Å². The first kappa shape index (κ1) is 19.2. The van der Waals surface area contributed by atoms with Gasteiger partial charge in [-0.2, -0.15) is 13.2 Å². The van der Waals surface area contributed by atoms with Crippen LogP contribution in [-0.4, -0.2) is 31.8 Å². The van der Waals surface area contributed by atoms with Gasteiger partial charge in [0.15, 0.2) is 0 Å². The highest BCUT2D eigenvalue weighted by molar-refractivity contribution is 7.89. The number of rotatable bonds is 5. The molecule has 2 aromatic rings. The van der Waals surface area contributed by atoms with Crippen molar-refractivity contribution in [2.45, 2.75) is 24.0 Å². The van der Waals surface area contributed by atoms with E-state index in [4.69, 9.17) is 0 Å². The van der Waals surface area contributed by atoms with Gasteiger partial charge in [-0.15, -0.1) is 0 Å². The second kappa shape index (κ2) is 7.01. The van der Waals surface area contributed by atoms with Gasteiger partial charge >= 0.3 is 6.18 Å². The molecule has 2 rings (SSSR count). The molecule has 0 amide bonds. The molecule has 0 aliphatic rings. The molecule has 1 aromatic carbocycles. The molecule has 25 heavy (non-hydrogen) atoms. The van der Waals surface area contributed by atoms with Gasteiger partial charge in [-0.3, -0.25) is 0 Å². The van der Waals surface area contributed by atoms with E-state index in [1.807, 2.05) is 0 Å². The summed E-state index contributed by atoms with van der Waals surface area (Å²) < 4.78 is 63.4. The van der Waals surface area contributed by atoms with Crippen molar-refractivity contribution in [3.05, 3.63) is 53.7 Å². The summed E-state index contributed by atoms with van der Waals surface area (Å²) in [7, 11) is -0.750. The highest BCUT2D eigenvalue weighted by atomic mass is 32.2. The SMILES string of the molecule is CC(Nc1ccc(S(=O)(=O)N(C)C)cn1)c1cccc(C(F)(F)F)c1. The Labute approximate surface area is 144 Å². The fourth-order valence-electron chi connectivity index (χ4n) is 2.12. The highest BCUT2D eigenvalue weighted by Gasteiger charge is 2.30. The molecule has 1 N–H and O–H groups in total. The van der Waals surface area contributed by atoms with Crippen LogP contribution in [0.1, 0.15) is 24.1 Å². The lowest BCUT2D eigenvalue weighted by molar-refractivity contribution is -0.137. The average molecular weight is 373 g/mol. The van der Waals surface area contributed by atoms with Crippen molar-refractivity contribution in [1.82, 2.24) is 9.29 Å². The van der Waals surface area contributed by atoms with Gasteiger partial charge < -0.3 is 5.32 Å². The van der Waals surface area contributed by atoms with E-state index >= 15 is 0 Å². The molecule has 0 aliphatic carbocycles. The van der Waals surface area contributed by atoms with E-state index in [9.17, 15) is 21.6 Å². The van der Waals surface area contributed by atoms with Crippen LogP contribution in [0.5, 0.6) is 0 Å². The van der Waals surface area contributed by atoms with Crippen LogP contribution < -0.4 is 5.32 Å². The van der Waals surface area contributed by atoms with E-state index in [0.717, 1.165) is 16.4 Å². The van der Waals surface area contributed by atoms with E-state index in [2.05, 4.69) is 10.3 Å². The number of nitrogens with zero attached hydrogens (tertiary/aromatic N) is 2. The van der Waals surface area contributed by atoms with Crippen LogP contribution in [0.3, 0.4) is 0 Å². The maximum Gasteiger partial charge on any atom is 0.416 e. The first-order chi connectivity index (χ1) is 11.5. The van der Waals surface area contributed by atoms with Gasteiger partial charge in [-0.1, -0.05) is 12.1 Å². The van der Waals surface area contributed by atoms with Crippen molar-refractivity contribution >= 4 is 15.8 Å². The Morgan fingerprint density at radius 2 is 1.84 bits per heavy atom. The van der Waals surface area contributed by atoms with Gasteiger partial charge in [0.25, 0.3) is 0 Å². The molecule has 9 heteroatoms. The second-order valence-electron chi connectivity index (χ2n) is 5.66. The van der Waals surface area contributed by atoms with Crippen LogP contribution in [-0.2, 0) is 16.2 Å². The lowest BCUT2D eigenvalue weighted by atomic mass is 10.0. The molecule has 0 aliphatic heterocycles. The summed E-state index contributed by atoms with van der Waals surface area (Å²) in [6.07, 6.45) is -3.20. The number of hydrogen-bond acceptors (Lipinski definition) is 4. The molecule has 1 atom stereocenters. The first-order valence-electron chi connectivity index (χ1n) is 7.34. The molecule has 0 saturated heterocycles. The summed E-state index contributed by atoms with van der Waals surface area (Å²) in [5.41, 5.74) is -0.277. The summed E-state index contributed by atoms with van der Waals surface area (Å²) in [5, 5.41) is 2.96. The predicted molar refractivity (Wildman–Crippen MR) is 88.6 cm³/mol. The lowest BCUT2D eigenvalue weighted by Crippen LogP contribution is -2.22. The monoisotopic (exact) mass is 373 g/mol. The van der Waals surface area contributed by atoms with Crippen molar-refractivity contribution in [2.75, 3.05) is 19.4 Å². The fourth-order valence-corrected chi connectivity index (χ4v) is 2.97. The van der Waals surface area contributed by atoms with Crippen LogP contribution >= 0.6 is 0 Å². The molecule has 136 valence electrons. The topological polar surface area (TPSA) is 62.3 Å². The molecule has 0 spiro atoms. The third-order valence-corrected chi connectivity index (χ3v) is 5.39. The number of sulfonamides is 1. The van der Waals surface area contributed by atoms with E-state index in [1.165, 1.54) is 38.5 Å². The number of nitrogens with one attached hydrogen (secondary N) is 1. The van der Waals surface area contributed by atoms with Gasteiger partial charge in [0, 0.05) is 26.3 Å². The fraction of sp³-hybridized carbons (Fsp3) is 0.312. The molecule has 0 fully saturated rings. The van der Waals surface area contributed by atoms with Gasteiger partial charge in [-0.05, 0) is 36.8 Å². The highest BCUT2D eigenvalue weighted by Crippen LogP contribution is 2.31. The summed E-state index contributed by atoms with van der Waals surface area (Å²) in [5.74, 6) is 0.364. The molecule has 0 radical (unpaired) electrons. The molecule has 1 unspecified atom stereocenters. The zero-order chi connectivity index (χ0) is 18.8. The van der Waals surface area contributed by atoms with Gasteiger partial charge in [0.05, 0.1) is 5.56 Å². The molecule has 1 aromatic heterocycles. The Kier molecular flexibility index (Phi) is 5.38. The Bertz CT molecular complexity index is 834. The number of benzene rings is 1. The van der Waals surface area contributed by atoms with Gasteiger partial charge in [-0.25, -0.2) is 17.7 Å². The Morgan fingerprint density at radius 1 is 1.16 bits per heavy atom. The molecular weight excluding hydrogens is 355 g/mol. The van der Waals surface area contributed by atoms with E-state index in [1.54, 1.807) is 13.0 Å². The molecule has 0 saturated carbocycles. The predicted octanol–water partition coefficient (Wildman–Crippen LogP) is 3.52. The van der Waals surface area contributed by atoms with Crippen molar-refractivity contribution < 1.29 is 21.6 Å². The molecule has 1 heterocycles. The number of pyridine rings is 1. The normalized spacial score (nSPS) is 13.7. The van der Waals surface area contributed by atoms with Crippen molar-refractivity contribution in [3.8, 4) is 0 Å². The van der Waals surface area contributed by atoms with Gasteiger partial charge in [0.2, 0.25) is 10.0 Å². The molecule has 0 bridgehead atoms. The zero-order valence-electron chi connectivity index (χ0n) is 13.9. The number of hydrogen-bond donors (Lipinski definition) is 1. The zero-order valence-corrected chi connectivity index (χ0v) is 14.7. The molecule has 5 nitrogen and oxygen atoms in total. The van der Waals surface area contributed by atoms with Crippen molar-refractivity contribution in [3.63, 3.8) is 0 Å². The Hall–Kier alpha value is -2.13. The number of anilines is 1. The third kappa shape index (κ3) is 4.49. The Morgan fingerprint density at radius 3 is 2.36 bits per heavy atom. The minimum atomic E-state index is -4.41. The summed E-state index contributed by atoms with van der Waals surface area (Å²) in [6.45, 7) is 1.70. The standard InChI is InChI=1S/C16H18F3N3O2S/c1-11(12-5-4-6-13(9-12)16(17,18)19)21-15-8-7-14(10-20-15)25(23,24)22(2)3/h4-11H,1-3H3,(H,20,21).